The molecule has 3 nitrogen and oxygen atoms in total. The molecule has 34 heavy (non-hydrogen) atoms. The van der Waals surface area contributed by atoms with Crippen molar-refractivity contribution in [3.63, 3.8) is 0 Å². The first-order valence-electron chi connectivity index (χ1n) is 12.7. The summed E-state index contributed by atoms with van der Waals surface area (Å²) < 4.78 is 38.1. The normalized spacial score (nSPS) is 29.3. The van der Waals surface area contributed by atoms with E-state index in [1.165, 1.54) is 69.6 Å². The fraction of sp³-hybridized carbons (Fsp3) is 0.571. The summed E-state index contributed by atoms with van der Waals surface area (Å²) in [7, 11) is 0. The van der Waals surface area contributed by atoms with Gasteiger partial charge < -0.3 is 14.6 Å². The highest BCUT2D eigenvalue weighted by molar-refractivity contribution is 6.21. The third kappa shape index (κ3) is 5.04. The zero-order valence-electron chi connectivity index (χ0n) is 19.4. The predicted molar refractivity (Wildman–Crippen MR) is 128 cm³/mol. The van der Waals surface area contributed by atoms with Crippen LogP contribution in [-0.4, -0.2) is 18.3 Å². The van der Waals surface area contributed by atoms with Gasteiger partial charge in [0, 0.05) is 0 Å². The second-order valence-corrected chi connectivity index (χ2v) is 10.7. The van der Waals surface area contributed by atoms with E-state index in [4.69, 9.17) is 21.1 Å². The Morgan fingerprint density at radius 2 is 1.15 bits per heavy atom. The van der Waals surface area contributed by atoms with Gasteiger partial charge in [-0.1, -0.05) is 37.8 Å². The Labute approximate surface area is 205 Å². The third-order valence-corrected chi connectivity index (χ3v) is 8.28. The lowest BCUT2D eigenvalue weighted by Gasteiger charge is -2.33. The van der Waals surface area contributed by atoms with Crippen molar-refractivity contribution in [3.8, 4) is 0 Å². The van der Waals surface area contributed by atoms with Crippen LogP contribution in [-0.2, 0) is 9.47 Å². The first kappa shape index (κ1) is 24.2. The van der Waals surface area contributed by atoms with Crippen molar-refractivity contribution >= 4 is 11.6 Å². The quantitative estimate of drug-likeness (QED) is 0.443. The largest absolute Gasteiger partial charge is 0.386 e. The van der Waals surface area contributed by atoms with Crippen LogP contribution in [0.15, 0.2) is 36.4 Å². The van der Waals surface area contributed by atoms with E-state index < -0.39 is 6.10 Å². The molecule has 6 rings (SSSR count). The Morgan fingerprint density at radius 3 is 1.71 bits per heavy atom. The zero-order valence-corrected chi connectivity index (χ0v) is 20.2. The number of hydrogen-bond acceptors (Lipinski definition) is 3. The van der Waals surface area contributed by atoms with Gasteiger partial charge in [0.25, 0.3) is 0 Å². The third-order valence-electron chi connectivity index (χ3n) is 7.92. The maximum atomic E-state index is 13.3. The lowest BCUT2D eigenvalue weighted by atomic mass is 9.87. The van der Waals surface area contributed by atoms with E-state index in [9.17, 15) is 13.9 Å². The molecule has 2 aromatic carbocycles. The van der Waals surface area contributed by atoms with Gasteiger partial charge in [-0.15, -0.1) is 11.6 Å². The fourth-order valence-corrected chi connectivity index (χ4v) is 6.47. The standard InChI is InChI=1S/C14H16ClFO.C14H17FO2/c15-13-8-17-14(9-3-1-2-4-9)11-6-5-10(16)7-12(11)13;15-10-5-6-11-12(7-10)13(16)8-17-14(11)9-3-1-2-4-9/h5-7,9,13-14H,1-4,8H2;5-7,9,13-14,16H,1-4,8H2. The van der Waals surface area contributed by atoms with Gasteiger partial charge in [0.2, 0.25) is 0 Å². The molecule has 2 aliphatic carbocycles. The van der Waals surface area contributed by atoms with E-state index in [-0.39, 0.29) is 35.8 Å². The van der Waals surface area contributed by atoms with Crippen LogP contribution in [0.1, 0.15) is 97.3 Å². The van der Waals surface area contributed by atoms with Crippen molar-refractivity contribution < 1.29 is 23.4 Å². The summed E-state index contributed by atoms with van der Waals surface area (Å²) in [6.45, 7) is 0.788. The summed E-state index contributed by atoms with van der Waals surface area (Å²) in [5.41, 5.74) is 3.73. The minimum Gasteiger partial charge on any atom is -0.386 e. The maximum Gasteiger partial charge on any atom is 0.123 e. The molecule has 2 aromatic rings. The van der Waals surface area contributed by atoms with Gasteiger partial charge >= 0.3 is 0 Å². The summed E-state index contributed by atoms with van der Waals surface area (Å²) in [5.74, 6) is 0.631. The lowest BCUT2D eigenvalue weighted by molar-refractivity contribution is -0.0547. The summed E-state index contributed by atoms with van der Waals surface area (Å²) >= 11 is 6.20. The monoisotopic (exact) mass is 490 g/mol. The number of alkyl halides is 1. The molecule has 2 saturated carbocycles. The van der Waals surface area contributed by atoms with Crippen molar-refractivity contribution in [1.82, 2.24) is 0 Å². The zero-order chi connectivity index (χ0) is 23.7. The molecule has 0 bridgehead atoms. The van der Waals surface area contributed by atoms with E-state index in [0.29, 0.717) is 24.0 Å². The topological polar surface area (TPSA) is 38.7 Å². The van der Waals surface area contributed by atoms with E-state index in [2.05, 4.69) is 0 Å². The van der Waals surface area contributed by atoms with Gasteiger partial charge in [0.05, 0.1) is 30.8 Å². The van der Waals surface area contributed by atoms with Crippen molar-refractivity contribution in [2.75, 3.05) is 13.2 Å². The number of fused-ring (bicyclic) bond motifs is 2. The number of hydrogen-bond donors (Lipinski definition) is 1. The molecule has 0 aromatic heterocycles. The Hall–Kier alpha value is -1.53. The Kier molecular flexibility index (Phi) is 7.55. The van der Waals surface area contributed by atoms with Crippen molar-refractivity contribution in [2.45, 2.75) is 75.1 Å². The maximum absolute atomic E-state index is 13.3. The van der Waals surface area contributed by atoms with E-state index in [1.54, 1.807) is 12.1 Å². The van der Waals surface area contributed by atoms with Gasteiger partial charge in [-0.3, -0.25) is 0 Å². The Balaban J connectivity index is 0.000000142. The SMILES string of the molecule is Fc1ccc2c(c1)C(Cl)COC2C1CCCC1.OC1COC(C2CCCC2)c2ccc(F)cc21. The first-order valence-corrected chi connectivity index (χ1v) is 13.1. The van der Waals surface area contributed by atoms with Crippen LogP contribution in [0.4, 0.5) is 8.78 Å². The summed E-state index contributed by atoms with van der Waals surface area (Å²) in [6, 6.07) is 9.61. The summed E-state index contributed by atoms with van der Waals surface area (Å²) in [5, 5.41) is 9.64. The average molecular weight is 491 g/mol. The molecule has 0 amide bonds. The van der Waals surface area contributed by atoms with Crippen LogP contribution in [0.25, 0.3) is 0 Å². The number of ether oxygens (including phenoxy) is 2. The van der Waals surface area contributed by atoms with Crippen LogP contribution in [0.3, 0.4) is 0 Å². The number of halogens is 3. The summed E-state index contributed by atoms with van der Waals surface area (Å²) in [6.07, 6.45) is 9.36. The molecule has 4 aliphatic rings. The lowest BCUT2D eigenvalue weighted by Crippen LogP contribution is -2.25. The Bertz CT molecular complexity index is 908. The van der Waals surface area contributed by atoms with Crippen LogP contribution >= 0.6 is 11.6 Å². The molecule has 1 N–H and O–H groups in total. The molecular formula is C28H33ClF2O3. The number of aliphatic hydroxyl groups is 1. The highest BCUT2D eigenvalue weighted by atomic mass is 35.5. The van der Waals surface area contributed by atoms with E-state index in [1.807, 2.05) is 6.07 Å². The first-order chi connectivity index (χ1) is 16.5. The van der Waals surface area contributed by atoms with E-state index in [0.717, 1.165) is 16.7 Å². The molecular weight excluding hydrogens is 458 g/mol. The highest BCUT2D eigenvalue weighted by Gasteiger charge is 2.35. The van der Waals surface area contributed by atoms with Crippen molar-refractivity contribution in [2.24, 2.45) is 11.8 Å². The predicted octanol–water partition coefficient (Wildman–Crippen LogP) is 7.49. The van der Waals surface area contributed by atoms with Gasteiger partial charge in [-0.2, -0.15) is 0 Å². The number of benzene rings is 2. The second kappa shape index (κ2) is 10.6. The van der Waals surface area contributed by atoms with Gasteiger partial charge in [-0.25, -0.2) is 8.78 Å². The number of aliphatic hydroxyl groups excluding tert-OH is 1. The van der Waals surface area contributed by atoms with Gasteiger partial charge in [0.15, 0.2) is 0 Å². The Morgan fingerprint density at radius 1 is 0.676 bits per heavy atom. The second-order valence-electron chi connectivity index (χ2n) is 10.1. The van der Waals surface area contributed by atoms with Crippen LogP contribution in [0.5, 0.6) is 0 Å². The van der Waals surface area contributed by atoms with Crippen LogP contribution in [0.2, 0.25) is 0 Å². The molecule has 2 aliphatic heterocycles. The average Bonchev–Trinajstić information content (AvgIpc) is 3.56. The molecule has 184 valence electrons. The van der Waals surface area contributed by atoms with E-state index >= 15 is 0 Å². The van der Waals surface area contributed by atoms with Crippen molar-refractivity contribution in [1.29, 1.82) is 0 Å². The van der Waals surface area contributed by atoms with Crippen LogP contribution in [0, 0.1) is 23.5 Å². The van der Waals surface area contributed by atoms with Gasteiger partial charge in [0.1, 0.15) is 17.7 Å². The van der Waals surface area contributed by atoms with Gasteiger partial charge in [-0.05, 0) is 84.0 Å². The summed E-state index contributed by atoms with van der Waals surface area (Å²) in [4.78, 5) is 0. The fourth-order valence-electron chi connectivity index (χ4n) is 6.21. The molecule has 2 fully saturated rings. The number of rotatable bonds is 2. The van der Waals surface area contributed by atoms with Crippen molar-refractivity contribution in [3.05, 3.63) is 70.3 Å². The molecule has 4 unspecified atom stereocenters. The molecule has 2 heterocycles. The minimum atomic E-state index is -0.682. The molecule has 6 heteroatoms. The smallest absolute Gasteiger partial charge is 0.123 e. The minimum absolute atomic E-state index is 0.0523. The molecule has 4 atom stereocenters. The molecule has 0 radical (unpaired) electrons. The highest BCUT2D eigenvalue weighted by Crippen LogP contribution is 2.45. The van der Waals surface area contributed by atoms with Crippen LogP contribution < -0.4 is 0 Å². The molecule has 0 saturated heterocycles. The molecule has 0 spiro atoms.